The molecule has 1 nitrogen and oxygen atoms in total. The summed E-state index contributed by atoms with van der Waals surface area (Å²) in [5, 5.41) is 0. The van der Waals surface area contributed by atoms with Crippen molar-refractivity contribution >= 4 is 15.9 Å². The highest BCUT2D eigenvalue weighted by Gasteiger charge is 2.12. The molecule has 0 aliphatic carbocycles. The number of hydrogen-bond acceptors (Lipinski definition) is 1. The minimum absolute atomic E-state index is 0.0610. The molecule has 0 fully saturated rings. The summed E-state index contributed by atoms with van der Waals surface area (Å²) in [5.74, 6) is 0.606. The van der Waals surface area contributed by atoms with Gasteiger partial charge in [0.1, 0.15) is 0 Å². The zero-order valence-electron chi connectivity index (χ0n) is 12.4. The van der Waals surface area contributed by atoms with Crippen LogP contribution in [-0.2, 0) is 0 Å². The first-order chi connectivity index (χ1) is 9.52. The maximum atomic E-state index is 6.41. The summed E-state index contributed by atoms with van der Waals surface area (Å²) in [7, 11) is 0. The maximum Gasteiger partial charge on any atom is 0.0554 e. The van der Waals surface area contributed by atoms with Crippen molar-refractivity contribution in [1.29, 1.82) is 0 Å². The molecule has 2 atom stereocenters. The number of benzene rings is 2. The van der Waals surface area contributed by atoms with Crippen LogP contribution in [0.4, 0.5) is 0 Å². The Balaban J connectivity index is 2.26. The van der Waals surface area contributed by atoms with Crippen LogP contribution in [0.25, 0.3) is 0 Å². The minimum atomic E-state index is -0.0610. The van der Waals surface area contributed by atoms with Gasteiger partial charge < -0.3 is 5.73 Å². The fourth-order valence-corrected chi connectivity index (χ4v) is 2.91. The first-order valence-electron chi connectivity index (χ1n) is 7.14. The van der Waals surface area contributed by atoms with E-state index in [1.165, 1.54) is 22.3 Å². The molecule has 0 amide bonds. The van der Waals surface area contributed by atoms with Gasteiger partial charge in [-0.05, 0) is 53.6 Å². The molecule has 0 aliphatic heterocycles. The van der Waals surface area contributed by atoms with E-state index in [-0.39, 0.29) is 6.04 Å². The average molecular weight is 332 g/mol. The first kappa shape index (κ1) is 15.3. The van der Waals surface area contributed by atoms with Crippen LogP contribution < -0.4 is 5.73 Å². The molecule has 0 bridgehead atoms. The van der Waals surface area contributed by atoms with E-state index in [9.17, 15) is 0 Å². The molecule has 20 heavy (non-hydrogen) atoms. The molecule has 2 unspecified atom stereocenters. The third kappa shape index (κ3) is 3.31. The van der Waals surface area contributed by atoms with E-state index in [4.69, 9.17) is 5.73 Å². The molecule has 2 N–H and O–H groups in total. The molecule has 0 saturated heterocycles. The van der Waals surface area contributed by atoms with Crippen LogP contribution in [0.2, 0.25) is 0 Å². The lowest BCUT2D eigenvalue weighted by Gasteiger charge is -2.17. The molecule has 0 radical (unpaired) electrons. The fourth-order valence-electron chi connectivity index (χ4n) is 2.44. The van der Waals surface area contributed by atoms with Gasteiger partial charge in [0.15, 0.2) is 0 Å². The van der Waals surface area contributed by atoms with E-state index in [1.54, 1.807) is 0 Å². The smallest absolute Gasteiger partial charge is 0.0554 e. The lowest BCUT2D eigenvalue weighted by Crippen LogP contribution is -2.13. The van der Waals surface area contributed by atoms with E-state index in [0.717, 1.165) is 10.9 Å². The van der Waals surface area contributed by atoms with Gasteiger partial charge >= 0.3 is 0 Å². The van der Waals surface area contributed by atoms with Crippen LogP contribution in [0.5, 0.6) is 0 Å². The number of nitrogens with two attached hydrogens (primary N) is 1. The van der Waals surface area contributed by atoms with Crippen molar-refractivity contribution in [3.8, 4) is 0 Å². The van der Waals surface area contributed by atoms with Crippen molar-refractivity contribution in [2.45, 2.75) is 39.2 Å². The lowest BCUT2D eigenvalue weighted by molar-refractivity contribution is 0.732. The summed E-state index contributed by atoms with van der Waals surface area (Å²) in [6.45, 7) is 6.58. The van der Waals surface area contributed by atoms with E-state index in [1.807, 2.05) is 0 Å². The van der Waals surface area contributed by atoms with Crippen LogP contribution in [0.3, 0.4) is 0 Å². The molecule has 2 rings (SSSR count). The second-order valence-electron chi connectivity index (χ2n) is 5.45. The summed E-state index contributed by atoms with van der Waals surface area (Å²) in [6, 6.07) is 14.9. The Labute approximate surface area is 130 Å². The second-order valence-corrected chi connectivity index (χ2v) is 6.37. The monoisotopic (exact) mass is 331 g/mol. The Kier molecular flexibility index (Phi) is 5.00. The summed E-state index contributed by atoms with van der Waals surface area (Å²) in [4.78, 5) is 0. The van der Waals surface area contributed by atoms with Crippen LogP contribution in [0.1, 0.15) is 54.5 Å². The van der Waals surface area contributed by atoms with Gasteiger partial charge in [-0.3, -0.25) is 0 Å². The van der Waals surface area contributed by atoms with Crippen LogP contribution in [0, 0.1) is 6.92 Å². The predicted molar refractivity (Wildman–Crippen MR) is 90.1 cm³/mol. The minimum Gasteiger partial charge on any atom is -0.320 e. The molecule has 0 heterocycles. The van der Waals surface area contributed by atoms with Crippen molar-refractivity contribution in [2.24, 2.45) is 5.73 Å². The van der Waals surface area contributed by atoms with Gasteiger partial charge in [-0.1, -0.05) is 60.1 Å². The molecule has 2 heteroatoms. The Hall–Kier alpha value is -1.12. The van der Waals surface area contributed by atoms with E-state index < -0.39 is 0 Å². The molecule has 2 aromatic rings. The Morgan fingerprint density at radius 1 is 1.05 bits per heavy atom. The third-order valence-corrected chi connectivity index (χ3v) is 4.54. The molecule has 2 aromatic carbocycles. The Morgan fingerprint density at radius 2 is 1.65 bits per heavy atom. The second kappa shape index (κ2) is 6.55. The zero-order chi connectivity index (χ0) is 14.7. The van der Waals surface area contributed by atoms with E-state index in [2.05, 4.69) is 79.2 Å². The van der Waals surface area contributed by atoms with Crippen LogP contribution in [-0.4, -0.2) is 0 Å². The number of aryl methyl sites for hydroxylation is 1. The van der Waals surface area contributed by atoms with Crippen molar-refractivity contribution < 1.29 is 0 Å². The number of rotatable bonds is 4. The number of hydrogen-bond donors (Lipinski definition) is 1. The summed E-state index contributed by atoms with van der Waals surface area (Å²) < 4.78 is 1.10. The Bertz CT molecular complexity index is 574. The first-order valence-corrected chi connectivity index (χ1v) is 7.93. The van der Waals surface area contributed by atoms with Gasteiger partial charge in [-0.15, -0.1) is 0 Å². The normalized spacial score (nSPS) is 14.1. The van der Waals surface area contributed by atoms with Crippen molar-refractivity contribution in [2.75, 3.05) is 0 Å². The fraction of sp³-hybridized carbons (Fsp3) is 0.333. The SMILES string of the molecule is CCC(C)c1ccc(C(N)c2ccc(Br)cc2C)cc1. The number of halogens is 1. The summed E-state index contributed by atoms with van der Waals surface area (Å²) in [6.07, 6.45) is 1.16. The topological polar surface area (TPSA) is 26.0 Å². The molecule has 0 aliphatic rings. The maximum absolute atomic E-state index is 6.41. The van der Waals surface area contributed by atoms with Crippen LogP contribution in [0.15, 0.2) is 46.9 Å². The lowest BCUT2D eigenvalue weighted by atomic mass is 9.92. The molecule has 106 valence electrons. The molecular formula is C18H22BrN. The highest BCUT2D eigenvalue weighted by Crippen LogP contribution is 2.27. The van der Waals surface area contributed by atoms with Crippen molar-refractivity contribution in [3.05, 3.63) is 69.2 Å². The summed E-state index contributed by atoms with van der Waals surface area (Å²) in [5.41, 5.74) is 11.4. The van der Waals surface area contributed by atoms with Gasteiger partial charge in [0, 0.05) is 4.47 Å². The highest BCUT2D eigenvalue weighted by atomic mass is 79.9. The predicted octanol–water partition coefficient (Wildman–Crippen LogP) is 5.32. The molecule has 0 aromatic heterocycles. The quantitative estimate of drug-likeness (QED) is 0.806. The van der Waals surface area contributed by atoms with Crippen LogP contribution >= 0.6 is 15.9 Å². The standard InChI is InChI=1S/C18H22BrN/c1-4-12(2)14-5-7-15(8-6-14)18(20)17-10-9-16(19)11-13(17)3/h5-12,18H,4,20H2,1-3H3. The average Bonchev–Trinajstić information content (AvgIpc) is 2.46. The molecular weight excluding hydrogens is 310 g/mol. The van der Waals surface area contributed by atoms with Gasteiger partial charge in [0.25, 0.3) is 0 Å². The van der Waals surface area contributed by atoms with Crippen molar-refractivity contribution in [3.63, 3.8) is 0 Å². The molecule has 0 saturated carbocycles. The van der Waals surface area contributed by atoms with Gasteiger partial charge in [0.05, 0.1) is 6.04 Å². The van der Waals surface area contributed by atoms with Crippen molar-refractivity contribution in [1.82, 2.24) is 0 Å². The highest BCUT2D eigenvalue weighted by molar-refractivity contribution is 9.10. The largest absolute Gasteiger partial charge is 0.320 e. The van der Waals surface area contributed by atoms with Gasteiger partial charge in [0.2, 0.25) is 0 Å². The third-order valence-electron chi connectivity index (χ3n) is 4.04. The van der Waals surface area contributed by atoms with E-state index >= 15 is 0 Å². The van der Waals surface area contributed by atoms with E-state index in [0.29, 0.717) is 5.92 Å². The molecule has 0 spiro atoms. The zero-order valence-corrected chi connectivity index (χ0v) is 13.9. The van der Waals surface area contributed by atoms with Gasteiger partial charge in [-0.25, -0.2) is 0 Å². The van der Waals surface area contributed by atoms with Gasteiger partial charge in [-0.2, -0.15) is 0 Å². The Morgan fingerprint density at radius 3 is 2.20 bits per heavy atom. The summed E-state index contributed by atoms with van der Waals surface area (Å²) >= 11 is 3.49.